The molecule has 2 aromatic heterocycles. The van der Waals surface area contributed by atoms with Crippen LogP contribution >= 0.6 is 0 Å². The van der Waals surface area contributed by atoms with Gasteiger partial charge < -0.3 is 5.32 Å². The molecule has 1 aromatic carbocycles. The fourth-order valence-corrected chi connectivity index (χ4v) is 3.36. The Kier molecular flexibility index (Phi) is 5.02. The van der Waals surface area contributed by atoms with Crippen molar-refractivity contribution in [3.8, 4) is 0 Å². The zero-order chi connectivity index (χ0) is 21.4. The molecule has 30 heavy (non-hydrogen) atoms. The molecule has 0 spiro atoms. The van der Waals surface area contributed by atoms with Gasteiger partial charge in [-0.15, -0.1) is 5.10 Å². The van der Waals surface area contributed by atoms with Crippen LogP contribution in [0.5, 0.6) is 0 Å². The third kappa shape index (κ3) is 3.78. The minimum Gasteiger partial charge on any atom is -0.337 e. The highest BCUT2D eigenvalue weighted by Gasteiger charge is 2.31. The van der Waals surface area contributed by atoms with Crippen molar-refractivity contribution in [2.75, 3.05) is 11.9 Å². The third-order valence-electron chi connectivity index (χ3n) is 4.87. The Morgan fingerprint density at radius 2 is 2.07 bits per heavy atom. The van der Waals surface area contributed by atoms with Crippen molar-refractivity contribution < 1.29 is 18.4 Å². The summed E-state index contributed by atoms with van der Waals surface area (Å²) in [5, 5.41) is 11.0. The summed E-state index contributed by atoms with van der Waals surface area (Å²) in [7, 11) is 1.63. The zero-order valence-electron chi connectivity index (χ0n) is 16.3. The maximum atomic E-state index is 13.8. The van der Waals surface area contributed by atoms with Crippen LogP contribution in [0.15, 0.2) is 30.6 Å². The molecule has 1 N–H and O–H groups in total. The van der Waals surface area contributed by atoms with E-state index in [1.54, 1.807) is 17.8 Å². The van der Waals surface area contributed by atoms with E-state index in [0.29, 0.717) is 18.8 Å². The maximum absolute atomic E-state index is 13.8. The molecule has 156 valence electrons. The number of nitrogens with zero attached hydrogens (tertiary/aromatic N) is 6. The average Bonchev–Trinajstić information content (AvgIpc) is 3.31. The molecule has 4 rings (SSSR count). The van der Waals surface area contributed by atoms with E-state index in [0.717, 1.165) is 23.9 Å². The second-order valence-electron chi connectivity index (χ2n) is 7.08. The van der Waals surface area contributed by atoms with Gasteiger partial charge in [0, 0.05) is 25.2 Å². The second kappa shape index (κ2) is 7.65. The van der Waals surface area contributed by atoms with Crippen molar-refractivity contribution in [3.63, 3.8) is 0 Å². The molecule has 1 unspecified atom stereocenters. The van der Waals surface area contributed by atoms with Gasteiger partial charge in [-0.25, -0.2) is 23.1 Å². The lowest BCUT2D eigenvalue weighted by Gasteiger charge is -2.19. The minimum absolute atomic E-state index is 0.0807. The minimum atomic E-state index is -0.767. The van der Waals surface area contributed by atoms with E-state index in [9.17, 15) is 18.4 Å². The summed E-state index contributed by atoms with van der Waals surface area (Å²) in [6.45, 7) is 2.22. The molecule has 0 bridgehead atoms. The number of nitrogens with one attached hydrogen (secondary N) is 1. The maximum Gasteiger partial charge on any atom is 0.291 e. The Morgan fingerprint density at radius 1 is 1.27 bits per heavy atom. The number of fused-ring (bicyclic) bond motifs is 1. The summed E-state index contributed by atoms with van der Waals surface area (Å²) in [5.41, 5.74) is 0.883. The Bertz CT molecular complexity index is 1120. The molecule has 0 fully saturated rings. The largest absolute Gasteiger partial charge is 0.337 e. The fraction of sp³-hybridized carbons (Fsp3) is 0.316. The van der Waals surface area contributed by atoms with Crippen LogP contribution in [0.1, 0.15) is 28.3 Å². The van der Waals surface area contributed by atoms with E-state index < -0.39 is 23.6 Å². The van der Waals surface area contributed by atoms with Crippen molar-refractivity contribution >= 4 is 17.6 Å². The number of amides is 2. The number of likely N-dealkylation sites (N-methyl/N-ethyl adjacent to an activating group) is 1. The first-order valence-electron chi connectivity index (χ1n) is 9.28. The standard InChI is InChI=1S/C19H19F2N7O2/c1-11-7-16-26(2)19(30)15(5-6-28(16)24-11)23-18(29)17-22-10-27(25-17)9-12-8-13(20)3-4-14(12)21/h3-4,7-8,10,15H,5-6,9H2,1-2H3,(H,23,29). The van der Waals surface area contributed by atoms with Crippen molar-refractivity contribution in [1.29, 1.82) is 0 Å². The zero-order valence-corrected chi connectivity index (χ0v) is 16.3. The van der Waals surface area contributed by atoms with Crippen LogP contribution in [-0.4, -0.2) is 49.4 Å². The topological polar surface area (TPSA) is 97.9 Å². The van der Waals surface area contributed by atoms with Crippen LogP contribution in [0.4, 0.5) is 14.6 Å². The van der Waals surface area contributed by atoms with Gasteiger partial charge >= 0.3 is 0 Å². The predicted molar refractivity (Wildman–Crippen MR) is 102 cm³/mol. The van der Waals surface area contributed by atoms with Gasteiger partial charge in [-0.1, -0.05) is 0 Å². The van der Waals surface area contributed by atoms with E-state index >= 15 is 0 Å². The predicted octanol–water partition coefficient (Wildman–Crippen LogP) is 1.27. The van der Waals surface area contributed by atoms with Gasteiger partial charge in [0.2, 0.25) is 5.82 Å². The first-order chi connectivity index (χ1) is 14.3. The van der Waals surface area contributed by atoms with Crippen LogP contribution in [0.2, 0.25) is 0 Å². The SMILES string of the molecule is Cc1cc2n(n1)CCC(NC(=O)c1ncn(Cc3cc(F)ccc3F)n1)C(=O)N2C. The van der Waals surface area contributed by atoms with E-state index in [-0.39, 0.29) is 23.8 Å². The molecule has 1 atom stereocenters. The quantitative estimate of drug-likeness (QED) is 0.692. The summed E-state index contributed by atoms with van der Waals surface area (Å²) >= 11 is 0. The van der Waals surface area contributed by atoms with Crippen LogP contribution in [0.3, 0.4) is 0 Å². The molecule has 11 heteroatoms. The normalized spacial score (nSPS) is 16.3. The molecule has 3 aromatic rings. The van der Waals surface area contributed by atoms with Crippen LogP contribution < -0.4 is 10.2 Å². The van der Waals surface area contributed by atoms with E-state index in [1.165, 1.54) is 15.9 Å². The Labute approximate surface area is 170 Å². The number of benzene rings is 1. The molecule has 9 nitrogen and oxygen atoms in total. The Hall–Kier alpha value is -3.63. The van der Waals surface area contributed by atoms with E-state index in [2.05, 4.69) is 20.5 Å². The first kappa shape index (κ1) is 19.7. The Morgan fingerprint density at radius 3 is 2.87 bits per heavy atom. The lowest BCUT2D eigenvalue weighted by atomic mass is 10.2. The van der Waals surface area contributed by atoms with Crippen LogP contribution in [-0.2, 0) is 17.9 Å². The molecule has 0 saturated heterocycles. The second-order valence-corrected chi connectivity index (χ2v) is 7.08. The number of anilines is 1. The summed E-state index contributed by atoms with van der Waals surface area (Å²) < 4.78 is 30.1. The van der Waals surface area contributed by atoms with Crippen molar-refractivity contribution in [2.24, 2.45) is 0 Å². The number of aromatic nitrogens is 5. The number of aryl methyl sites for hydroxylation is 2. The van der Waals surface area contributed by atoms with Gasteiger partial charge in [-0.2, -0.15) is 5.10 Å². The van der Waals surface area contributed by atoms with Gasteiger partial charge in [0.25, 0.3) is 11.8 Å². The third-order valence-corrected chi connectivity index (χ3v) is 4.87. The number of hydrogen-bond acceptors (Lipinski definition) is 5. The van der Waals surface area contributed by atoms with Crippen molar-refractivity contribution in [3.05, 3.63) is 59.3 Å². The molecule has 2 amide bonds. The number of carbonyl (C=O) groups excluding carboxylic acids is 2. The van der Waals surface area contributed by atoms with Gasteiger partial charge in [-0.3, -0.25) is 14.5 Å². The molecule has 1 aliphatic rings. The van der Waals surface area contributed by atoms with Crippen molar-refractivity contribution in [1.82, 2.24) is 29.9 Å². The van der Waals surface area contributed by atoms with Gasteiger partial charge in [0.05, 0.1) is 12.2 Å². The van der Waals surface area contributed by atoms with E-state index in [4.69, 9.17) is 0 Å². The van der Waals surface area contributed by atoms with Gasteiger partial charge in [-0.05, 0) is 31.5 Å². The molecular formula is C19H19F2N7O2. The molecule has 0 saturated carbocycles. The summed E-state index contributed by atoms with van der Waals surface area (Å²) in [6.07, 6.45) is 1.61. The van der Waals surface area contributed by atoms with Crippen LogP contribution in [0.25, 0.3) is 0 Å². The number of hydrogen-bond donors (Lipinski definition) is 1. The summed E-state index contributed by atoms with van der Waals surface area (Å²) in [4.78, 5) is 30.7. The lowest BCUT2D eigenvalue weighted by molar-refractivity contribution is -0.120. The smallest absolute Gasteiger partial charge is 0.291 e. The van der Waals surface area contributed by atoms with Crippen LogP contribution in [0, 0.1) is 18.6 Å². The molecule has 0 radical (unpaired) electrons. The lowest BCUT2D eigenvalue weighted by Crippen LogP contribution is -2.47. The van der Waals surface area contributed by atoms with Crippen molar-refractivity contribution in [2.45, 2.75) is 32.5 Å². The Balaban J connectivity index is 1.45. The fourth-order valence-electron chi connectivity index (χ4n) is 3.36. The number of carbonyl (C=O) groups is 2. The number of rotatable bonds is 4. The van der Waals surface area contributed by atoms with Gasteiger partial charge in [0.15, 0.2) is 0 Å². The highest BCUT2D eigenvalue weighted by molar-refractivity contribution is 6.00. The number of halogens is 2. The molecule has 1 aliphatic heterocycles. The first-order valence-corrected chi connectivity index (χ1v) is 9.28. The highest BCUT2D eigenvalue weighted by Crippen LogP contribution is 2.21. The monoisotopic (exact) mass is 415 g/mol. The average molecular weight is 415 g/mol. The molecular weight excluding hydrogens is 396 g/mol. The van der Waals surface area contributed by atoms with E-state index in [1.807, 2.05) is 6.92 Å². The highest BCUT2D eigenvalue weighted by atomic mass is 19.1. The summed E-state index contributed by atoms with van der Waals surface area (Å²) in [5.74, 6) is -1.57. The van der Waals surface area contributed by atoms with Gasteiger partial charge in [0.1, 0.15) is 29.8 Å². The molecule has 3 heterocycles. The molecule has 0 aliphatic carbocycles. The summed E-state index contributed by atoms with van der Waals surface area (Å²) in [6, 6.07) is 4.14.